The van der Waals surface area contributed by atoms with Crippen molar-refractivity contribution in [3.63, 3.8) is 0 Å². The van der Waals surface area contributed by atoms with Gasteiger partial charge in [-0.1, -0.05) is 12.1 Å². The lowest BCUT2D eigenvalue weighted by Gasteiger charge is -2.34. The van der Waals surface area contributed by atoms with Crippen molar-refractivity contribution in [1.82, 2.24) is 4.90 Å². The fourth-order valence-electron chi connectivity index (χ4n) is 2.88. The molecule has 2 amide bonds. The molecule has 0 bridgehead atoms. The molecule has 26 heavy (non-hydrogen) atoms. The molecule has 2 N–H and O–H groups in total. The Kier molecular flexibility index (Phi) is 5.47. The number of imide groups is 1. The Bertz CT molecular complexity index is 741. The lowest BCUT2D eigenvalue weighted by molar-refractivity contribution is -0.164. The molecule has 1 heterocycles. The van der Waals surface area contributed by atoms with Gasteiger partial charge in [0.1, 0.15) is 11.7 Å². The third-order valence-corrected chi connectivity index (χ3v) is 4.09. The number of carbonyl (C=O) groups is 3. The van der Waals surface area contributed by atoms with Crippen LogP contribution in [0, 0.1) is 11.3 Å². The fraction of sp³-hybridized carbons (Fsp3) is 0.474. The number of nitrogens with zero attached hydrogens (tertiary/aromatic N) is 2. The first kappa shape index (κ1) is 19.6. The number of benzene rings is 1. The second-order valence-electron chi connectivity index (χ2n) is 7.21. The Morgan fingerprint density at radius 2 is 1.69 bits per heavy atom. The van der Waals surface area contributed by atoms with Crippen LogP contribution in [0.2, 0.25) is 0 Å². The number of unbranched alkanes of at least 4 members (excludes halogenated alkanes) is 1. The highest BCUT2D eigenvalue weighted by Crippen LogP contribution is 2.34. The van der Waals surface area contributed by atoms with Gasteiger partial charge in [-0.15, -0.1) is 0 Å². The third-order valence-electron chi connectivity index (χ3n) is 4.09. The molecule has 1 aromatic carbocycles. The van der Waals surface area contributed by atoms with Gasteiger partial charge in [0.05, 0.1) is 11.1 Å². The van der Waals surface area contributed by atoms with Crippen molar-refractivity contribution in [2.75, 3.05) is 6.54 Å². The normalized spacial score (nSPS) is 16.0. The summed E-state index contributed by atoms with van der Waals surface area (Å²) in [5.74, 6) is -2.23. The summed E-state index contributed by atoms with van der Waals surface area (Å²) in [7, 11) is 0. The summed E-state index contributed by atoms with van der Waals surface area (Å²) in [6, 6.07) is 8.17. The molecule has 0 fully saturated rings. The second kappa shape index (κ2) is 7.26. The quantitative estimate of drug-likeness (QED) is 0.473. The molecule has 138 valence electrons. The van der Waals surface area contributed by atoms with Gasteiger partial charge in [-0.05, 0) is 58.7 Å². The Morgan fingerprint density at radius 3 is 2.12 bits per heavy atom. The highest BCUT2D eigenvalue weighted by Gasteiger charge is 2.55. The molecule has 7 nitrogen and oxygen atoms in total. The van der Waals surface area contributed by atoms with Crippen LogP contribution in [-0.2, 0) is 9.53 Å². The molecule has 2 rings (SSSR count). The molecular weight excluding hydrogens is 334 g/mol. The van der Waals surface area contributed by atoms with Crippen molar-refractivity contribution in [1.29, 1.82) is 5.26 Å². The first-order valence-corrected chi connectivity index (χ1v) is 8.50. The van der Waals surface area contributed by atoms with Gasteiger partial charge in [-0.2, -0.15) is 5.26 Å². The Labute approximate surface area is 152 Å². The average Bonchev–Trinajstić information content (AvgIpc) is 2.83. The minimum absolute atomic E-state index is 0.0267. The van der Waals surface area contributed by atoms with E-state index in [1.807, 2.05) is 6.07 Å². The van der Waals surface area contributed by atoms with Crippen LogP contribution in [0.3, 0.4) is 0 Å². The summed E-state index contributed by atoms with van der Waals surface area (Å²) < 4.78 is 5.39. The number of esters is 1. The zero-order chi connectivity index (χ0) is 19.5. The Balaban J connectivity index is 2.50. The third kappa shape index (κ3) is 3.46. The maximum atomic E-state index is 12.9. The van der Waals surface area contributed by atoms with Crippen molar-refractivity contribution < 1.29 is 19.1 Å². The van der Waals surface area contributed by atoms with Gasteiger partial charge in [-0.3, -0.25) is 9.59 Å². The van der Waals surface area contributed by atoms with Gasteiger partial charge in [0, 0.05) is 0 Å². The summed E-state index contributed by atoms with van der Waals surface area (Å²) in [6.45, 7) is 5.36. The number of nitrogens with two attached hydrogens (primary N) is 1. The minimum atomic E-state index is -2.02. The van der Waals surface area contributed by atoms with E-state index in [-0.39, 0.29) is 17.5 Å². The predicted molar refractivity (Wildman–Crippen MR) is 94.0 cm³/mol. The van der Waals surface area contributed by atoms with Gasteiger partial charge < -0.3 is 10.5 Å². The molecule has 7 heteroatoms. The predicted octanol–water partition coefficient (Wildman–Crippen LogP) is 2.02. The van der Waals surface area contributed by atoms with Crippen LogP contribution in [0.1, 0.15) is 60.7 Å². The fourth-order valence-corrected chi connectivity index (χ4v) is 2.88. The van der Waals surface area contributed by atoms with E-state index >= 15 is 0 Å². The summed E-state index contributed by atoms with van der Waals surface area (Å²) in [5, 5.41) is 9.89. The molecule has 1 aromatic rings. The SMILES string of the molecule is CC(C)(C)OC(=O)C(C#N)(CCCCN)N1C(=O)c2ccccc2C1=O. The molecule has 1 aliphatic rings. The van der Waals surface area contributed by atoms with Crippen LogP contribution < -0.4 is 5.73 Å². The number of amides is 2. The second-order valence-corrected chi connectivity index (χ2v) is 7.21. The molecule has 0 saturated carbocycles. The van der Waals surface area contributed by atoms with Crippen LogP contribution >= 0.6 is 0 Å². The van der Waals surface area contributed by atoms with Crippen molar-refractivity contribution in [3.8, 4) is 6.07 Å². The first-order chi connectivity index (χ1) is 12.2. The molecule has 1 atom stereocenters. The molecule has 1 unspecified atom stereocenters. The zero-order valence-electron chi connectivity index (χ0n) is 15.2. The van der Waals surface area contributed by atoms with Gasteiger partial charge in [0.15, 0.2) is 0 Å². The number of hydrogen-bond acceptors (Lipinski definition) is 6. The smallest absolute Gasteiger partial charge is 0.348 e. The summed E-state index contributed by atoms with van der Waals surface area (Å²) >= 11 is 0. The Morgan fingerprint density at radius 1 is 1.15 bits per heavy atom. The number of fused-ring (bicyclic) bond motifs is 1. The van der Waals surface area contributed by atoms with Gasteiger partial charge in [0.2, 0.25) is 5.54 Å². The summed E-state index contributed by atoms with van der Waals surface area (Å²) in [5.41, 5.74) is 2.98. The monoisotopic (exact) mass is 357 g/mol. The molecule has 1 aliphatic heterocycles. The number of rotatable bonds is 6. The molecule has 0 aromatic heterocycles. The molecule has 0 radical (unpaired) electrons. The number of ether oxygens (including phenoxy) is 1. The van der Waals surface area contributed by atoms with Crippen molar-refractivity contribution in [2.24, 2.45) is 5.73 Å². The number of hydrogen-bond donors (Lipinski definition) is 1. The average molecular weight is 357 g/mol. The van der Waals surface area contributed by atoms with Crippen LogP contribution in [0.4, 0.5) is 0 Å². The minimum Gasteiger partial charge on any atom is -0.457 e. The molecule has 0 aliphatic carbocycles. The highest BCUT2D eigenvalue weighted by atomic mass is 16.6. The van der Waals surface area contributed by atoms with Gasteiger partial charge >= 0.3 is 5.97 Å². The lowest BCUT2D eigenvalue weighted by atomic mass is 9.91. The standard InChI is InChI=1S/C19H23N3O4/c1-18(2,3)26-17(25)19(12-21,10-6-7-11-20)22-15(23)13-8-4-5-9-14(13)16(22)24/h4-5,8-9H,6-7,10-11,20H2,1-3H3. The van der Waals surface area contributed by atoms with Crippen molar-refractivity contribution in [3.05, 3.63) is 35.4 Å². The summed E-state index contributed by atoms with van der Waals surface area (Å²) in [4.78, 5) is 39.3. The molecule has 0 spiro atoms. The van der Waals surface area contributed by atoms with Crippen LogP contribution in [0.15, 0.2) is 24.3 Å². The molecular formula is C19H23N3O4. The van der Waals surface area contributed by atoms with Gasteiger partial charge in [0.25, 0.3) is 11.8 Å². The first-order valence-electron chi connectivity index (χ1n) is 8.50. The van der Waals surface area contributed by atoms with Crippen LogP contribution in [0.25, 0.3) is 0 Å². The zero-order valence-corrected chi connectivity index (χ0v) is 15.2. The van der Waals surface area contributed by atoms with E-state index in [1.54, 1.807) is 32.9 Å². The number of nitriles is 1. The van der Waals surface area contributed by atoms with E-state index in [0.29, 0.717) is 19.4 Å². The maximum absolute atomic E-state index is 12.9. The van der Waals surface area contributed by atoms with Crippen molar-refractivity contribution in [2.45, 2.75) is 51.2 Å². The van der Waals surface area contributed by atoms with Gasteiger partial charge in [-0.25, -0.2) is 9.69 Å². The largest absolute Gasteiger partial charge is 0.457 e. The van der Waals surface area contributed by atoms with E-state index in [2.05, 4.69) is 0 Å². The summed E-state index contributed by atoms with van der Waals surface area (Å²) in [6.07, 6.45) is 0.924. The highest BCUT2D eigenvalue weighted by molar-refractivity contribution is 6.23. The van der Waals surface area contributed by atoms with E-state index in [1.165, 1.54) is 12.1 Å². The topological polar surface area (TPSA) is 113 Å². The molecule has 0 saturated heterocycles. The van der Waals surface area contributed by atoms with E-state index in [9.17, 15) is 19.6 Å². The lowest BCUT2D eigenvalue weighted by Crippen LogP contribution is -2.58. The number of carbonyl (C=O) groups excluding carboxylic acids is 3. The van der Waals surface area contributed by atoms with Crippen molar-refractivity contribution >= 4 is 17.8 Å². The Hall–Kier alpha value is -2.72. The van der Waals surface area contributed by atoms with E-state index < -0.39 is 28.9 Å². The maximum Gasteiger partial charge on any atom is 0.348 e. The van der Waals surface area contributed by atoms with Crippen LogP contribution in [-0.4, -0.2) is 40.4 Å². The van der Waals surface area contributed by atoms with E-state index in [0.717, 1.165) is 4.90 Å². The van der Waals surface area contributed by atoms with E-state index in [4.69, 9.17) is 10.5 Å². The van der Waals surface area contributed by atoms with Crippen LogP contribution in [0.5, 0.6) is 0 Å².